The standard InChI is InChI=1S/C12H20N2O4S/c1-2-4-13-5-3-6-14(7-10(13)15)11(16)8-19-9-12(17)18/h2-9H2,1H3,(H,17,18). The van der Waals surface area contributed by atoms with Gasteiger partial charge in [0.05, 0.1) is 18.1 Å². The minimum absolute atomic E-state index is 0.0177. The summed E-state index contributed by atoms with van der Waals surface area (Å²) in [6.45, 7) is 4.13. The fourth-order valence-electron chi connectivity index (χ4n) is 1.96. The molecule has 1 heterocycles. The first-order valence-corrected chi connectivity index (χ1v) is 7.55. The minimum atomic E-state index is -0.932. The number of nitrogens with zero attached hydrogens (tertiary/aromatic N) is 2. The van der Waals surface area contributed by atoms with Crippen molar-refractivity contribution in [3.63, 3.8) is 0 Å². The highest BCUT2D eigenvalue weighted by Gasteiger charge is 2.24. The summed E-state index contributed by atoms with van der Waals surface area (Å²) in [5, 5.41) is 8.51. The van der Waals surface area contributed by atoms with Crippen LogP contribution in [0.3, 0.4) is 0 Å². The summed E-state index contributed by atoms with van der Waals surface area (Å²) in [5.41, 5.74) is 0. The van der Waals surface area contributed by atoms with E-state index in [9.17, 15) is 14.4 Å². The number of amides is 2. The molecule has 1 aliphatic heterocycles. The van der Waals surface area contributed by atoms with E-state index >= 15 is 0 Å². The number of rotatable bonds is 6. The van der Waals surface area contributed by atoms with Crippen molar-refractivity contribution in [2.45, 2.75) is 19.8 Å². The summed E-state index contributed by atoms with van der Waals surface area (Å²) in [6, 6.07) is 0. The van der Waals surface area contributed by atoms with Crippen molar-refractivity contribution in [1.82, 2.24) is 9.80 Å². The Morgan fingerprint density at radius 2 is 2.05 bits per heavy atom. The lowest BCUT2D eigenvalue weighted by molar-refractivity contribution is -0.137. The molecular weight excluding hydrogens is 268 g/mol. The van der Waals surface area contributed by atoms with Crippen LogP contribution < -0.4 is 0 Å². The third-order valence-electron chi connectivity index (χ3n) is 2.83. The Morgan fingerprint density at radius 1 is 1.32 bits per heavy atom. The lowest BCUT2D eigenvalue weighted by Gasteiger charge is -2.21. The Kier molecular flexibility index (Phi) is 6.69. The van der Waals surface area contributed by atoms with Gasteiger partial charge in [-0.05, 0) is 12.8 Å². The van der Waals surface area contributed by atoms with Crippen LogP contribution in [0.15, 0.2) is 0 Å². The molecule has 0 atom stereocenters. The zero-order chi connectivity index (χ0) is 14.3. The molecule has 1 rings (SSSR count). The van der Waals surface area contributed by atoms with Gasteiger partial charge in [0.2, 0.25) is 11.8 Å². The summed E-state index contributed by atoms with van der Waals surface area (Å²) >= 11 is 1.07. The number of carbonyl (C=O) groups is 3. The fourth-order valence-corrected chi connectivity index (χ4v) is 2.59. The van der Waals surface area contributed by atoms with Crippen LogP contribution in [0.1, 0.15) is 19.8 Å². The third-order valence-corrected chi connectivity index (χ3v) is 3.73. The molecule has 0 unspecified atom stereocenters. The number of thioether (sulfide) groups is 1. The van der Waals surface area contributed by atoms with Crippen LogP contribution in [0, 0.1) is 0 Å². The largest absolute Gasteiger partial charge is 0.481 e. The average Bonchev–Trinajstić information content (AvgIpc) is 2.52. The molecule has 1 aliphatic rings. The van der Waals surface area contributed by atoms with Crippen molar-refractivity contribution < 1.29 is 19.5 Å². The van der Waals surface area contributed by atoms with Gasteiger partial charge in [0, 0.05) is 19.6 Å². The zero-order valence-electron chi connectivity index (χ0n) is 11.1. The first-order chi connectivity index (χ1) is 9.04. The molecule has 1 saturated heterocycles. The predicted octanol–water partition coefficient (Wildman–Crippen LogP) is 0.275. The molecule has 0 aromatic heterocycles. The second-order valence-corrected chi connectivity index (χ2v) is 5.42. The van der Waals surface area contributed by atoms with Gasteiger partial charge in [-0.25, -0.2) is 0 Å². The number of carboxylic acids is 1. The molecule has 7 heteroatoms. The topological polar surface area (TPSA) is 77.9 Å². The number of hydrogen-bond acceptors (Lipinski definition) is 4. The van der Waals surface area contributed by atoms with E-state index in [1.165, 1.54) is 4.90 Å². The van der Waals surface area contributed by atoms with Crippen LogP contribution >= 0.6 is 11.8 Å². The maximum absolute atomic E-state index is 11.9. The molecular formula is C12H20N2O4S. The predicted molar refractivity (Wildman–Crippen MR) is 73.0 cm³/mol. The summed E-state index contributed by atoms with van der Waals surface area (Å²) in [6.07, 6.45) is 1.69. The van der Waals surface area contributed by atoms with Gasteiger partial charge in [0.25, 0.3) is 0 Å². The molecule has 0 aromatic rings. The Bertz CT molecular complexity index is 349. The van der Waals surface area contributed by atoms with Crippen molar-refractivity contribution in [1.29, 1.82) is 0 Å². The molecule has 6 nitrogen and oxygen atoms in total. The van der Waals surface area contributed by atoms with E-state index in [0.29, 0.717) is 13.1 Å². The number of carboxylic acid groups (broad SMARTS) is 1. The zero-order valence-corrected chi connectivity index (χ0v) is 11.9. The SMILES string of the molecule is CCCN1CCCN(C(=O)CSCC(=O)O)CC1=O. The van der Waals surface area contributed by atoms with E-state index in [4.69, 9.17) is 5.11 Å². The lowest BCUT2D eigenvalue weighted by Crippen LogP contribution is -2.40. The van der Waals surface area contributed by atoms with E-state index in [1.54, 1.807) is 4.90 Å². The van der Waals surface area contributed by atoms with Crippen molar-refractivity contribution in [2.24, 2.45) is 0 Å². The first-order valence-electron chi connectivity index (χ1n) is 6.39. The monoisotopic (exact) mass is 288 g/mol. The van der Waals surface area contributed by atoms with E-state index in [2.05, 4.69) is 0 Å². The number of aliphatic carboxylic acids is 1. The molecule has 0 saturated carbocycles. The molecule has 2 amide bonds. The van der Waals surface area contributed by atoms with Gasteiger partial charge < -0.3 is 14.9 Å². The highest BCUT2D eigenvalue weighted by molar-refractivity contribution is 8.00. The van der Waals surface area contributed by atoms with Crippen molar-refractivity contribution >= 4 is 29.5 Å². The summed E-state index contributed by atoms with van der Waals surface area (Å²) < 4.78 is 0. The second-order valence-electron chi connectivity index (χ2n) is 4.44. The molecule has 0 radical (unpaired) electrons. The fraction of sp³-hybridized carbons (Fsp3) is 0.750. The molecule has 19 heavy (non-hydrogen) atoms. The van der Waals surface area contributed by atoms with Gasteiger partial charge in [-0.15, -0.1) is 11.8 Å². The second kappa shape index (κ2) is 8.04. The highest BCUT2D eigenvalue weighted by Crippen LogP contribution is 2.08. The molecule has 1 N–H and O–H groups in total. The van der Waals surface area contributed by atoms with Crippen LogP contribution in [0.5, 0.6) is 0 Å². The van der Waals surface area contributed by atoms with Crippen molar-refractivity contribution in [2.75, 3.05) is 37.7 Å². The van der Waals surface area contributed by atoms with Gasteiger partial charge in [-0.2, -0.15) is 0 Å². The van der Waals surface area contributed by atoms with Crippen molar-refractivity contribution in [3.8, 4) is 0 Å². The van der Waals surface area contributed by atoms with Crippen LogP contribution in [0.4, 0.5) is 0 Å². The molecule has 108 valence electrons. The summed E-state index contributed by atoms with van der Waals surface area (Å²) in [4.78, 5) is 37.5. The van der Waals surface area contributed by atoms with Gasteiger partial charge in [0.1, 0.15) is 0 Å². The van der Waals surface area contributed by atoms with E-state index in [-0.39, 0.29) is 29.9 Å². The van der Waals surface area contributed by atoms with Crippen LogP contribution in [-0.4, -0.2) is 70.4 Å². The summed E-state index contributed by atoms with van der Waals surface area (Å²) in [5.74, 6) is -1.07. The number of hydrogen-bond donors (Lipinski definition) is 1. The maximum atomic E-state index is 11.9. The molecule has 0 aliphatic carbocycles. The van der Waals surface area contributed by atoms with Crippen molar-refractivity contribution in [3.05, 3.63) is 0 Å². The number of carbonyl (C=O) groups excluding carboxylic acids is 2. The average molecular weight is 288 g/mol. The first kappa shape index (κ1) is 15.8. The lowest BCUT2D eigenvalue weighted by atomic mass is 10.3. The minimum Gasteiger partial charge on any atom is -0.481 e. The van der Waals surface area contributed by atoms with Gasteiger partial charge in [-0.1, -0.05) is 6.92 Å². The molecule has 1 fully saturated rings. The Morgan fingerprint density at radius 3 is 2.68 bits per heavy atom. The molecule has 0 spiro atoms. The summed E-state index contributed by atoms with van der Waals surface area (Å²) in [7, 11) is 0. The van der Waals surface area contributed by atoms with Crippen LogP contribution in [0.25, 0.3) is 0 Å². The van der Waals surface area contributed by atoms with Crippen LogP contribution in [-0.2, 0) is 14.4 Å². The Hall–Kier alpha value is -1.24. The smallest absolute Gasteiger partial charge is 0.313 e. The van der Waals surface area contributed by atoms with Gasteiger partial charge >= 0.3 is 5.97 Å². The quantitative estimate of drug-likeness (QED) is 0.759. The van der Waals surface area contributed by atoms with Gasteiger partial charge in [0.15, 0.2) is 0 Å². The highest BCUT2D eigenvalue weighted by atomic mass is 32.2. The molecule has 0 aromatic carbocycles. The normalized spacial score (nSPS) is 16.4. The van der Waals surface area contributed by atoms with E-state index < -0.39 is 5.97 Å². The Balaban J connectivity index is 2.43. The van der Waals surface area contributed by atoms with Crippen LogP contribution in [0.2, 0.25) is 0 Å². The van der Waals surface area contributed by atoms with Gasteiger partial charge in [-0.3, -0.25) is 14.4 Å². The Labute approximate surface area is 117 Å². The van der Waals surface area contributed by atoms with E-state index in [0.717, 1.165) is 31.1 Å². The third kappa shape index (κ3) is 5.50. The molecule has 0 bridgehead atoms. The maximum Gasteiger partial charge on any atom is 0.313 e. The van der Waals surface area contributed by atoms with E-state index in [1.807, 2.05) is 6.92 Å².